The van der Waals surface area contributed by atoms with Crippen LogP contribution in [0.5, 0.6) is 0 Å². The number of carbonyl (C=O) groups excluding carboxylic acids is 1. The molecule has 2 heterocycles. The monoisotopic (exact) mass is 290 g/mol. The molecule has 0 bridgehead atoms. The molecule has 2 rings (SSSR count). The molecule has 0 spiro atoms. The van der Waals surface area contributed by atoms with Crippen LogP contribution in [0.15, 0.2) is 10.4 Å². The summed E-state index contributed by atoms with van der Waals surface area (Å²) in [7, 11) is -3.69. The topological polar surface area (TPSA) is 105 Å². The standard InChI is InChI=1S/C9H14N4O3S2/c1-6-12-5-8(17-6)18(15,16)13-3-2-11-4-7(13)9(10)14/h5,7,11H,2-4H2,1H3,(H2,10,14). The van der Waals surface area contributed by atoms with Crippen molar-refractivity contribution in [3.63, 3.8) is 0 Å². The molecule has 0 aliphatic carbocycles. The molecule has 0 radical (unpaired) electrons. The van der Waals surface area contributed by atoms with Crippen LogP contribution in [0.25, 0.3) is 0 Å². The zero-order chi connectivity index (χ0) is 13.3. The molecule has 0 aromatic carbocycles. The van der Waals surface area contributed by atoms with Crippen molar-refractivity contribution in [1.29, 1.82) is 0 Å². The van der Waals surface area contributed by atoms with Gasteiger partial charge in [-0.3, -0.25) is 4.79 Å². The van der Waals surface area contributed by atoms with E-state index in [4.69, 9.17) is 5.73 Å². The number of nitrogens with two attached hydrogens (primary N) is 1. The van der Waals surface area contributed by atoms with Crippen LogP contribution < -0.4 is 11.1 Å². The highest BCUT2D eigenvalue weighted by Gasteiger charge is 2.37. The molecule has 1 atom stereocenters. The molecule has 1 aliphatic heterocycles. The van der Waals surface area contributed by atoms with Crippen molar-refractivity contribution in [1.82, 2.24) is 14.6 Å². The quantitative estimate of drug-likeness (QED) is 0.735. The molecule has 18 heavy (non-hydrogen) atoms. The van der Waals surface area contributed by atoms with E-state index in [2.05, 4.69) is 10.3 Å². The van der Waals surface area contributed by atoms with Crippen molar-refractivity contribution in [2.75, 3.05) is 19.6 Å². The summed E-state index contributed by atoms with van der Waals surface area (Å²) in [6, 6.07) is -0.842. The molecule has 3 N–H and O–H groups in total. The lowest BCUT2D eigenvalue weighted by Crippen LogP contribution is -2.58. The molecule has 9 heteroatoms. The number of rotatable bonds is 3. The Bertz CT molecular complexity index is 554. The molecule has 1 fully saturated rings. The van der Waals surface area contributed by atoms with Crippen molar-refractivity contribution < 1.29 is 13.2 Å². The van der Waals surface area contributed by atoms with Gasteiger partial charge in [-0.1, -0.05) is 0 Å². The number of amides is 1. The van der Waals surface area contributed by atoms with E-state index in [1.54, 1.807) is 6.92 Å². The lowest BCUT2D eigenvalue weighted by molar-refractivity contribution is -0.122. The van der Waals surface area contributed by atoms with Crippen molar-refractivity contribution in [2.45, 2.75) is 17.2 Å². The SMILES string of the molecule is Cc1ncc(S(=O)(=O)N2CCNCC2C(N)=O)s1. The zero-order valence-electron chi connectivity index (χ0n) is 9.79. The summed E-state index contributed by atoms with van der Waals surface area (Å²) in [4.78, 5) is 15.2. The number of thiazole rings is 1. The second-order valence-electron chi connectivity index (χ2n) is 3.94. The fourth-order valence-corrected chi connectivity index (χ4v) is 4.63. The van der Waals surface area contributed by atoms with E-state index in [1.807, 2.05) is 0 Å². The first-order valence-electron chi connectivity index (χ1n) is 5.37. The third-order valence-electron chi connectivity index (χ3n) is 2.69. The van der Waals surface area contributed by atoms with Crippen LogP contribution in [-0.4, -0.2) is 49.3 Å². The van der Waals surface area contributed by atoms with E-state index in [0.717, 1.165) is 15.6 Å². The number of hydrogen-bond donors (Lipinski definition) is 2. The van der Waals surface area contributed by atoms with Crippen LogP contribution >= 0.6 is 11.3 Å². The average Bonchev–Trinajstić information content (AvgIpc) is 2.76. The van der Waals surface area contributed by atoms with Crippen LogP contribution in [0.3, 0.4) is 0 Å². The highest BCUT2D eigenvalue weighted by Crippen LogP contribution is 2.24. The van der Waals surface area contributed by atoms with Crippen LogP contribution in [0.1, 0.15) is 5.01 Å². The Labute approximate surface area is 109 Å². The first-order chi connectivity index (χ1) is 8.43. The smallest absolute Gasteiger partial charge is 0.254 e. The Balaban J connectivity index is 2.36. The predicted octanol–water partition coefficient (Wildman–Crippen LogP) is -1.10. The zero-order valence-corrected chi connectivity index (χ0v) is 11.4. The Morgan fingerprint density at radius 1 is 1.67 bits per heavy atom. The molecular formula is C9H14N4O3S2. The van der Waals surface area contributed by atoms with Crippen LogP contribution in [0, 0.1) is 6.92 Å². The summed E-state index contributed by atoms with van der Waals surface area (Å²) in [5.41, 5.74) is 5.24. The first kappa shape index (κ1) is 13.4. The summed E-state index contributed by atoms with van der Waals surface area (Å²) >= 11 is 1.09. The van der Waals surface area contributed by atoms with E-state index < -0.39 is 22.0 Å². The van der Waals surface area contributed by atoms with Gasteiger partial charge in [0, 0.05) is 19.6 Å². The summed E-state index contributed by atoms with van der Waals surface area (Å²) in [5.74, 6) is -0.646. The summed E-state index contributed by atoms with van der Waals surface area (Å²) in [6.45, 7) is 2.70. The fourth-order valence-electron chi connectivity index (χ4n) is 1.79. The predicted molar refractivity (Wildman–Crippen MR) is 66.6 cm³/mol. The summed E-state index contributed by atoms with van der Waals surface area (Å²) in [5, 5.41) is 3.62. The minimum Gasteiger partial charge on any atom is -0.368 e. The minimum absolute atomic E-state index is 0.146. The van der Waals surface area contributed by atoms with Crippen molar-refractivity contribution >= 4 is 27.3 Å². The molecule has 1 amide bonds. The molecular weight excluding hydrogens is 276 g/mol. The number of aryl methyl sites for hydroxylation is 1. The first-order valence-corrected chi connectivity index (χ1v) is 7.63. The van der Waals surface area contributed by atoms with E-state index in [0.29, 0.717) is 11.6 Å². The van der Waals surface area contributed by atoms with E-state index in [9.17, 15) is 13.2 Å². The number of nitrogens with zero attached hydrogens (tertiary/aromatic N) is 2. The summed E-state index contributed by atoms with van der Waals surface area (Å²) < 4.78 is 26.1. The van der Waals surface area contributed by atoms with Gasteiger partial charge >= 0.3 is 0 Å². The Hall–Kier alpha value is -1.03. The van der Waals surface area contributed by atoms with Crippen LogP contribution in [0.2, 0.25) is 0 Å². The lowest BCUT2D eigenvalue weighted by Gasteiger charge is -2.32. The van der Waals surface area contributed by atoms with Crippen LogP contribution in [-0.2, 0) is 14.8 Å². The molecule has 1 unspecified atom stereocenters. The van der Waals surface area contributed by atoms with Gasteiger partial charge in [-0.15, -0.1) is 11.3 Å². The minimum atomic E-state index is -3.69. The maximum Gasteiger partial charge on any atom is 0.254 e. The Morgan fingerprint density at radius 2 is 2.39 bits per heavy atom. The Kier molecular flexibility index (Phi) is 3.66. The second kappa shape index (κ2) is 4.92. The second-order valence-corrected chi connectivity index (χ2v) is 7.29. The van der Waals surface area contributed by atoms with Gasteiger partial charge < -0.3 is 11.1 Å². The molecule has 0 saturated carbocycles. The number of sulfonamides is 1. The maximum absolute atomic E-state index is 12.4. The Morgan fingerprint density at radius 3 is 2.94 bits per heavy atom. The molecule has 1 aromatic heterocycles. The third kappa shape index (κ3) is 2.39. The van der Waals surface area contributed by atoms with Gasteiger partial charge in [-0.2, -0.15) is 4.31 Å². The van der Waals surface area contributed by atoms with E-state index in [-0.39, 0.29) is 17.3 Å². The molecule has 100 valence electrons. The molecule has 1 saturated heterocycles. The van der Waals surface area contributed by atoms with Gasteiger partial charge in [0.2, 0.25) is 5.91 Å². The highest BCUT2D eigenvalue weighted by molar-refractivity contribution is 7.91. The number of hydrogen-bond acceptors (Lipinski definition) is 6. The number of carbonyl (C=O) groups is 1. The number of aromatic nitrogens is 1. The molecule has 1 aliphatic rings. The van der Waals surface area contributed by atoms with Gasteiger partial charge in [0.15, 0.2) is 4.21 Å². The van der Waals surface area contributed by atoms with E-state index in [1.165, 1.54) is 6.20 Å². The van der Waals surface area contributed by atoms with Gasteiger partial charge in [-0.05, 0) is 6.92 Å². The van der Waals surface area contributed by atoms with Gasteiger partial charge in [-0.25, -0.2) is 13.4 Å². The molecule has 1 aromatic rings. The van der Waals surface area contributed by atoms with Crippen molar-refractivity contribution in [3.05, 3.63) is 11.2 Å². The van der Waals surface area contributed by atoms with Gasteiger partial charge in [0.1, 0.15) is 6.04 Å². The van der Waals surface area contributed by atoms with E-state index >= 15 is 0 Å². The number of piperazine rings is 1. The molecule has 7 nitrogen and oxygen atoms in total. The van der Waals surface area contributed by atoms with Crippen molar-refractivity contribution in [3.8, 4) is 0 Å². The van der Waals surface area contributed by atoms with Crippen LogP contribution in [0.4, 0.5) is 0 Å². The lowest BCUT2D eigenvalue weighted by atomic mass is 10.2. The van der Waals surface area contributed by atoms with Gasteiger partial charge in [0.25, 0.3) is 10.0 Å². The number of primary amides is 1. The normalized spacial score (nSPS) is 21.9. The largest absolute Gasteiger partial charge is 0.368 e. The maximum atomic E-state index is 12.4. The highest BCUT2D eigenvalue weighted by atomic mass is 32.2. The van der Waals surface area contributed by atoms with Crippen molar-refractivity contribution in [2.24, 2.45) is 5.73 Å². The third-order valence-corrected chi connectivity index (χ3v) is 5.94. The average molecular weight is 290 g/mol. The summed E-state index contributed by atoms with van der Waals surface area (Å²) in [6.07, 6.45) is 1.31. The fraction of sp³-hybridized carbons (Fsp3) is 0.556. The van der Waals surface area contributed by atoms with Gasteiger partial charge in [0.05, 0.1) is 11.2 Å². The number of nitrogens with one attached hydrogen (secondary N) is 1.